The number of nitrogens with two attached hydrogens (primary N) is 1. The van der Waals surface area contributed by atoms with Crippen molar-refractivity contribution in [1.82, 2.24) is 4.31 Å². The van der Waals surface area contributed by atoms with Gasteiger partial charge in [-0.05, 0) is 53.1 Å². The summed E-state index contributed by atoms with van der Waals surface area (Å²) in [6.07, 6.45) is 3.49. The van der Waals surface area contributed by atoms with Gasteiger partial charge in [-0.2, -0.15) is 4.31 Å². The minimum Gasteiger partial charge on any atom is -0.328 e. The fourth-order valence-electron chi connectivity index (χ4n) is 2.26. The molecular weight excluding hydrogens is 336 g/mol. The molecule has 7 heteroatoms. The molecule has 102 valence electrons. The molecule has 0 saturated heterocycles. The second-order valence-corrected chi connectivity index (χ2v) is 8.61. The van der Waals surface area contributed by atoms with Gasteiger partial charge in [0.05, 0.1) is 0 Å². The summed E-state index contributed by atoms with van der Waals surface area (Å²) in [6.45, 7) is 0. The molecule has 1 aliphatic rings. The lowest BCUT2D eigenvalue weighted by atomic mass is 9.92. The van der Waals surface area contributed by atoms with E-state index in [0.29, 0.717) is 8.68 Å². The van der Waals surface area contributed by atoms with E-state index in [1.165, 1.54) is 15.6 Å². The van der Waals surface area contributed by atoms with Crippen LogP contribution in [0.2, 0.25) is 0 Å². The fourth-order valence-corrected chi connectivity index (χ4v) is 6.15. The summed E-state index contributed by atoms with van der Waals surface area (Å²) >= 11 is 4.54. The first-order chi connectivity index (χ1) is 8.43. The maximum atomic E-state index is 12.5. The highest BCUT2D eigenvalue weighted by Crippen LogP contribution is 2.32. The molecule has 0 unspecified atom stereocenters. The Balaban J connectivity index is 2.18. The van der Waals surface area contributed by atoms with E-state index in [1.54, 1.807) is 18.5 Å². The van der Waals surface area contributed by atoms with Gasteiger partial charge in [0.15, 0.2) is 0 Å². The number of sulfonamides is 1. The molecule has 0 atom stereocenters. The molecule has 1 fully saturated rings. The first-order valence-electron chi connectivity index (χ1n) is 5.89. The van der Waals surface area contributed by atoms with Gasteiger partial charge in [-0.25, -0.2) is 8.42 Å². The van der Waals surface area contributed by atoms with E-state index in [-0.39, 0.29) is 12.1 Å². The molecule has 0 amide bonds. The highest BCUT2D eigenvalue weighted by molar-refractivity contribution is 9.10. The third-order valence-electron chi connectivity index (χ3n) is 3.45. The van der Waals surface area contributed by atoms with Crippen molar-refractivity contribution in [3.05, 3.63) is 15.9 Å². The average Bonchev–Trinajstić information content (AvgIpc) is 2.76. The van der Waals surface area contributed by atoms with Crippen LogP contribution in [0, 0.1) is 0 Å². The molecule has 18 heavy (non-hydrogen) atoms. The van der Waals surface area contributed by atoms with Crippen molar-refractivity contribution in [3.8, 4) is 0 Å². The van der Waals surface area contributed by atoms with Crippen LogP contribution in [0.25, 0.3) is 0 Å². The van der Waals surface area contributed by atoms with Gasteiger partial charge in [-0.1, -0.05) is 0 Å². The quantitative estimate of drug-likeness (QED) is 0.908. The lowest BCUT2D eigenvalue weighted by Gasteiger charge is -2.32. The van der Waals surface area contributed by atoms with E-state index in [0.717, 1.165) is 25.7 Å². The van der Waals surface area contributed by atoms with Crippen molar-refractivity contribution >= 4 is 37.3 Å². The van der Waals surface area contributed by atoms with Crippen LogP contribution in [-0.2, 0) is 10.0 Å². The normalized spacial score (nSPS) is 25.6. The van der Waals surface area contributed by atoms with Crippen molar-refractivity contribution in [2.45, 2.75) is 42.0 Å². The number of hydrogen-bond donors (Lipinski definition) is 1. The van der Waals surface area contributed by atoms with Crippen LogP contribution >= 0.6 is 27.3 Å². The maximum absolute atomic E-state index is 12.5. The molecule has 0 radical (unpaired) electrons. The van der Waals surface area contributed by atoms with Gasteiger partial charge in [-0.3, -0.25) is 0 Å². The predicted molar refractivity (Wildman–Crippen MR) is 77.2 cm³/mol. The Morgan fingerprint density at radius 1 is 1.39 bits per heavy atom. The maximum Gasteiger partial charge on any atom is 0.253 e. The second kappa shape index (κ2) is 5.58. The van der Waals surface area contributed by atoms with Crippen molar-refractivity contribution in [3.63, 3.8) is 0 Å². The fraction of sp³-hybridized carbons (Fsp3) is 0.636. The summed E-state index contributed by atoms with van der Waals surface area (Å²) in [6, 6.07) is 2.07. The van der Waals surface area contributed by atoms with Crippen molar-refractivity contribution < 1.29 is 8.42 Å². The Kier molecular flexibility index (Phi) is 4.48. The zero-order valence-corrected chi connectivity index (χ0v) is 13.4. The van der Waals surface area contributed by atoms with Crippen molar-refractivity contribution in [1.29, 1.82) is 0 Å². The number of thiophene rings is 1. The Morgan fingerprint density at radius 2 is 2.00 bits per heavy atom. The lowest BCUT2D eigenvalue weighted by Crippen LogP contribution is -2.41. The van der Waals surface area contributed by atoms with Crippen molar-refractivity contribution in [2.75, 3.05) is 7.05 Å². The number of halogens is 1. The summed E-state index contributed by atoms with van der Waals surface area (Å²) in [5, 5.41) is 1.78. The molecule has 0 spiro atoms. The van der Waals surface area contributed by atoms with Crippen molar-refractivity contribution in [2.24, 2.45) is 5.73 Å². The molecule has 0 aromatic carbocycles. The molecule has 1 heterocycles. The molecular formula is C11H17BrN2O2S2. The molecule has 1 aromatic rings. The predicted octanol–water partition coefficient (Wildman–Crippen LogP) is 2.40. The summed E-state index contributed by atoms with van der Waals surface area (Å²) in [4.78, 5) is 0. The summed E-state index contributed by atoms with van der Waals surface area (Å²) < 4.78 is 27.5. The zero-order chi connectivity index (χ0) is 13.3. The molecule has 4 nitrogen and oxygen atoms in total. The summed E-state index contributed by atoms with van der Waals surface area (Å²) in [5.74, 6) is 0. The van der Waals surface area contributed by atoms with Gasteiger partial charge >= 0.3 is 0 Å². The van der Waals surface area contributed by atoms with Gasteiger partial charge in [-0.15, -0.1) is 11.3 Å². The third kappa shape index (κ3) is 2.80. The molecule has 2 N–H and O–H groups in total. The smallest absolute Gasteiger partial charge is 0.253 e. The second-order valence-electron chi connectivity index (χ2n) is 4.65. The minimum absolute atomic E-state index is 0.0730. The van der Waals surface area contributed by atoms with Gasteiger partial charge in [0, 0.05) is 23.6 Å². The molecule has 1 aromatic heterocycles. The topological polar surface area (TPSA) is 63.4 Å². The van der Waals surface area contributed by atoms with Crippen LogP contribution < -0.4 is 5.73 Å². The average molecular weight is 353 g/mol. The monoisotopic (exact) mass is 352 g/mol. The standard InChI is InChI=1S/C11H17BrN2O2S2/c1-14(9-4-2-8(13)3-5-9)18(15,16)11-10(12)6-7-17-11/h6-9H,2-5,13H2,1H3. The van der Waals surface area contributed by atoms with Crippen LogP contribution in [0.15, 0.2) is 20.1 Å². The van der Waals surface area contributed by atoms with E-state index in [9.17, 15) is 8.42 Å². The van der Waals surface area contributed by atoms with Crippen LogP contribution in [-0.4, -0.2) is 31.9 Å². The molecule has 1 saturated carbocycles. The molecule has 0 bridgehead atoms. The van der Waals surface area contributed by atoms with E-state index in [4.69, 9.17) is 5.73 Å². The SMILES string of the molecule is CN(C1CCC(N)CC1)S(=O)(=O)c1sccc1Br. The van der Waals surface area contributed by atoms with Crippen LogP contribution in [0.5, 0.6) is 0 Å². The Morgan fingerprint density at radius 3 is 2.50 bits per heavy atom. The van der Waals surface area contributed by atoms with Gasteiger partial charge < -0.3 is 5.73 Å². The largest absolute Gasteiger partial charge is 0.328 e. The number of rotatable bonds is 3. The van der Waals surface area contributed by atoms with Gasteiger partial charge in [0.2, 0.25) is 0 Å². The molecule has 1 aliphatic carbocycles. The third-order valence-corrected chi connectivity index (χ3v) is 8.01. The highest BCUT2D eigenvalue weighted by Gasteiger charge is 2.32. The molecule has 2 rings (SSSR count). The zero-order valence-electron chi connectivity index (χ0n) is 10.2. The summed E-state index contributed by atoms with van der Waals surface area (Å²) in [5.41, 5.74) is 5.85. The van der Waals surface area contributed by atoms with E-state index in [2.05, 4.69) is 15.9 Å². The Bertz CT molecular complexity index is 507. The lowest BCUT2D eigenvalue weighted by molar-refractivity contribution is 0.269. The number of nitrogens with zero attached hydrogens (tertiary/aromatic N) is 1. The molecule has 0 aliphatic heterocycles. The minimum atomic E-state index is -3.38. The van der Waals surface area contributed by atoms with Gasteiger partial charge in [0.25, 0.3) is 10.0 Å². The van der Waals surface area contributed by atoms with Gasteiger partial charge in [0.1, 0.15) is 4.21 Å². The number of hydrogen-bond acceptors (Lipinski definition) is 4. The Hall–Kier alpha value is 0.0500. The van der Waals surface area contributed by atoms with E-state index >= 15 is 0 Å². The first kappa shape index (κ1) is 14.5. The first-order valence-corrected chi connectivity index (χ1v) is 9.01. The van der Waals surface area contributed by atoms with E-state index < -0.39 is 10.0 Å². The summed E-state index contributed by atoms with van der Waals surface area (Å²) in [7, 11) is -1.71. The van der Waals surface area contributed by atoms with Crippen LogP contribution in [0.1, 0.15) is 25.7 Å². The van der Waals surface area contributed by atoms with Crippen LogP contribution in [0.3, 0.4) is 0 Å². The van der Waals surface area contributed by atoms with Crippen LogP contribution in [0.4, 0.5) is 0 Å². The Labute approximate surface area is 120 Å². The highest BCUT2D eigenvalue weighted by atomic mass is 79.9. The van der Waals surface area contributed by atoms with E-state index in [1.807, 2.05) is 0 Å².